The van der Waals surface area contributed by atoms with Crippen molar-refractivity contribution in [2.75, 3.05) is 19.6 Å². The van der Waals surface area contributed by atoms with E-state index in [0.717, 1.165) is 12.8 Å². The Hall–Kier alpha value is -1.36. The molecule has 1 N–H and O–H groups in total. The number of rotatable bonds is 7. The second kappa shape index (κ2) is 6.19. The Bertz CT molecular complexity index is 356. The van der Waals surface area contributed by atoms with Gasteiger partial charge in [0.05, 0.1) is 5.60 Å². The molecule has 5 nitrogen and oxygen atoms in total. The monoisotopic (exact) mass is 268 g/mol. The fourth-order valence-corrected chi connectivity index (χ4v) is 1.95. The molecule has 0 atom stereocenters. The van der Waals surface area contributed by atoms with Gasteiger partial charge in [-0.05, 0) is 39.7 Å². The van der Waals surface area contributed by atoms with Crippen LogP contribution in [0.2, 0.25) is 0 Å². The zero-order valence-electron chi connectivity index (χ0n) is 12.1. The first-order chi connectivity index (χ1) is 8.78. The molecule has 0 aliphatic heterocycles. The van der Waals surface area contributed by atoms with E-state index in [9.17, 15) is 14.7 Å². The van der Waals surface area contributed by atoms with Crippen LogP contribution in [0, 0.1) is 0 Å². The highest BCUT2D eigenvalue weighted by Crippen LogP contribution is 2.28. The molecule has 1 rings (SSSR count). The van der Waals surface area contributed by atoms with Crippen molar-refractivity contribution in [3.8, 4) is 0 Å². The van der Waals surface area contributed by atoms with Crippen LogP contribution in [0.5, 0.6) is 0 Å². The van der Waals surface area contributed by atoms with Gasteiger partial charge in [0.15, 0.2) is 0 Å². The minimum Gasteiger partial charge on any atom is -0.389 e. The van der Waals surface area contributed by atoms with Crippen LogP contribution in [-0.4, -0.2) is 58.0 Å². The molecule has 0 heterocycles. The predicted octanol–water partition coefficient (Wildman–Crippen LogP) is 0.783. The van der Waals surface area contributed by atoms with Gasteiger partial charge in [0.2, 0.25) is 11.8 Å². The number of hydrogen-bond donors (Lipinski definition) is 1. The molecule has 108 valence electrons. The number of hydrogen-bond acceptors (Lipinski definition) is 3. The zero-order chi connectivity index (χ0) is 14.6. The predicted molar refractivity (Wildman–Crippen MR) is 73.5 cm³/mol. The first-order valence-electron chi connectivity index (χ1n) is 6.71. The number of carbonyl (C=O) groups excluding carboxylic acids is 2. The molecule has 5 heteroatoms. The van der Waals surface area contributed by atoms with Gasteiger partial charge < -0.3 is 14.9 Å². The molecule has 2 amide bonds. The van der Waals surface area contributed by atoms with Crippen LogP contribution in [0.4, 0.5) is 0 Å². The maximum absolute atomic E-state index is 12.3. The lowest BCUT2D eigenvalue weighted by Gasteiger charge is -2.31. The van der Waals surface area contributed by atoms with Crippen LogP contribution in [0.15, 0.2) is 12.7 Å². The molecule has 0 saturated heterocycles. The molecule has 0 aromatic rings. The quantitative estimate of drug-likeness (QED) is 0.694. The lowest BCUT2D eigenvalue weighted by molar-refractivity contribution is -0.140. The summed E-state index contributed by atoms with van der Waals surface area (Å²) in [5.41, 5.74) is -0.919. The third kappa shape index (κ3) is 5.03. The van der Waals surface area contributed by atoms with Crippen molar-refractivity contribution >= 4 is 11.8 Å². The molecule has 1 fully saturated rings. The molecule has 0 bridgehead atoms. The number of likely N-dealkylation sites (N-methyl/N-ethyl adjacent to an activating group) is 1. The third-order valence-corrected chi connectivity index (χ3v) is 3.06. The molecule has 0 radical (unpaired) electrons. The fraction of sp³-hybridized carbons (Fsp3) is 0.714. The van der Waals surface area contributed by atoms with Crippen LogP contribution >= 0.6 is 0 Å². The van der Waals surface area contributed by atoms with Gasteiger partial charge in [-0.2, -0.15) is 0 Å². The third-order valence-electron chi connectivity index (χ3n) is 3.06. The largest absolute Gasteiger partial charge is 0.389 e. The van der Waals surface area contributed by atoms with Gasteiger partial charge >= 0.3 is 0 Å². The van der Waals surface area contributed by atoms with Crippen molar-refractivity contribution in [2.24, 2.45) is 0 Å². The first-order valence-corrected chi connectivity index (χ1v) is 6.71. The molecule has 1 aliphatic rings. The number of aliphatic hydroxyl groups is 1. The maximum atomic E-state index is 12.3. The van der Waals surface area contributed by atoms with Crippen LogP contribution in [0.25, 0.3) is 0 Å². The number of nitrogens with zero attached hydrogens (tertiary/aromatic N) is 2. The van der Waals surface area contributed by atoms with Crippen molar-refractivity contribution in [3.05, 3.63) is 12.7 Å². The summed E-state index contributed by atoms with van der Waals surface area (Å²) in [7, 11) is 0. The van der Waals surface area contributed by atoms with Crippen LogP contribution in [0.1, 0.15) is 33.6 Å². The molecule has 0 aromatic heterocycles. The van der Waals surface area contributed by atoms with Crippen molar-refractivity contribution in [1.82, 2.24) is 9.80 Å². The normalized spacial score (nSPS) is 14.9. The Balaban J connectivity index is 2.66. The topological polar surface area (TPSA) is 60.9 Å². The highest BCUT2D eigenvalue weighted by molar-refractivity contribution is 5.91. The number of amides is 2. The van der Waals surface area contributed by atoms with Gasteiger partial charge in [-0.3, -0.25) is 9.59 Å². The summed E-state index contributed by atoms with van der Waals surface area (Å²) in [5, 5.41) is 9.87. The summed E-state index contributed by atoms with van der Waals surface area (Å²) >= 11 is 0. The second-order valence-electron chi connectivity index (χ2n) is 5.62. The molecule has 0 unspecified atom stereocenters. The summed E-state index contributed by atoms with van der Waals surface area (Å²) in [4.78, 5) is 27.0. The summed E-state index contributed by atoms with van der Waals surface area (Å²) in [5.74, 6) is -0.350. The van der Waals surface area contributed by atoms with Gasteiger partial charge in [-0.25, -0.2) is 0 Å². The van der Waals surface area contributed by atoms with Crippen molar-refractivity contribution in [1.29, 1.82) is 0 Å². The molecule has 19 heavy (non-hydrogen) atoms. The standard InChI is InChI=1S/C14H24N2O3/c1-5-12(17)15(6-2)9-13(18)16(11-7-8-11)10-14(3,4)19/h5,11,19H,1,6-10H2,2-4H3. The molecule has 1 aliphatic carbocycles. The van der Waals surface area contributed by atoms with Gasteiger partial charge in [-0.1, -0.05) is 6.58 Å². The Labute approximate surface area is 114 Å². The van der Waals surface area contributed by atoms with Crippen molar-refractivity contribution in [3.63, 3.8) is 0 Å². The molecule has 0 aromatic carbocycles. The smallest absolute Gasteiger partial charge is 0.246 e. The van der Waals surface area contributed by atoms with Crippen LogP contribution in [0.3, 0.4) is 0 Å². The Kier molecular flexibility index (Phi) is 5.11. The molecule has 0 spiro atoms. The van der Waals surface area contributed by atoms with E-state index in [1.807, 2.05) is 6.92 Å². The SMILES string of the molecule is C=CC(=O)N(CC)CC(=O)N(CC(C)(C)O)C1CC1. The van der Waals surface area contributed by atoms with E-state index in [0.29, 0.717) is 13.1 Å². The lowest BCUT2D eigenvalue weighted by atomic mass is 10.1. The van der Waals surface area contributed by atoms with Crippen molar-refractivity contribution in [2.45, 2.75) is 45.3 Å². The first kappa shape index (κ1) is 15.7. The van der Waals surface area contributed by atoms with E-state index >= 15 is 0 Å². The average Bonchev–Trinajstić information content (AvgIpc) is 3.14. The van der Waals surface area contributed by atoms with Gasteiger partial charge in [0, 0.05) is 19.1 Å². The highest BCUT2D eigenvalue weighted by Gasteiger charge is 2.36. The molecular formula is C14H24N2O3. The minimum atomic E-state index is -0.919. The average molecular weight is 268 g/mol. The fourth-order valence-electron chi connectivity index (χ4n) is 1.95. The highest BCUT2D eigenvalue weighted by atomic mass is 16.3. The maximum Gasteiger partial charge on any atom is 0.246 e. The number of carbonyl (C=O) groups is 2. The van der Waals surface area contributed by atoms with Gasteiger partial charge in [0.25, 0.3) is 0 Å². The van der Waals surface area contributed by atoms with E-state index in [1.165, 1.54) is 11.0 Å². The zero-order valence-corrected chi connectivity index (χ0v) is 12.1. The van der Waals surface area contributed by atoms with E-state index in [-0.39, 0.29) is 24.4 Å². The Morgan fingerprint density at radius 2 is 2.00 bits per heavy atom. The summed E-state index contributed by atoms with van der Waals surface area (Å²) in [6.07, 6.45) is 3.17. The van der Waals surface area contributed by atoms with E-state index in [1.54, 1.807) is 18.7 Å². The van der Waals surface area contributed by atoms with Crippen LogP contribution in [-0.2, 0) is 9.59 Å². The van der Waals surface area contributed by atoms with Crippen molar-refractivity contribution < 1.29 is 14.7 Å². The minimum absolute atomic E-state index is 0.0495. The lowest BCUT2D eigenvalue weighted by Crippen LogP contribution is -2.48. The van der Waals surface area contributed by atoms with Crippen LogP contribution < -0.4 is 0 Å². The van der Waals surface area contributed by atoms with Gasteiger partial charge in [-0.15, -0.1) is 0 Å². The van der Waals surface area contributed by atoms with E-state index < -0.39 is 5.60 Å². The molecule has 1 saturated carbocycles. The summed E-state index contributed by atoms with van der Waals surface area (Å²) in [6.45, 7) is 9.44. The van der Waals surface area contributed by atoms with Gasteiger partial charge in [0.1, 0.15) is 6.54 Å². The van der Waals surface area contributed by atoms with E-state index in [2.05, 4.69) is 6.58 Å². The summed E-state index contributed by atoms with van der Waals surface area (Å²) < 4.78 is 0. The molecular weight excluding hydrogens is 244 g/mol. The second-order valence-corrected chi connectivity index (χ2v) is 5.62. The van der Waals surface area contributed by atoms with E-state index in [4.69, 9.17) is 0 Å². The Morgan fingerprint density at radius 3 is 2.37 bits per heavy atom. The Morgan fingerprint density at radius 1 is 1.42 bits per heavy atom. The summed E-state index contributed by atoms with van der Waals surface area (Å²) in [6, 6.07) is 0.219.